The smallest absolute Gasteiger partial charge is 0.862 e. The molecule has 1 fully saturated rings. The van der Waals surface area contributed by atoms with Gasteiger partial charge < -0.3 is 24.4 Å². The van der Waals surface area contributed by atoms with Crippen molar-refractivity contribution in [1.29, 1.82) is 0 Å². The first-order valence-corrected chi connectivity index (χ1v) is 16.4. The molecule has 0 radical (unpaired) electrons. The summed E-state index contributed by atoms with van der Waals surface area (Å²) in [5, 5.41) is 22.6. The molecule has 3 aromatic carbocycles. The second-order valence-corrected chi connectivity index (χ2v) is 13.5. The Balaban J connectivity index is 0.00000500. The fourth-order valence-electron chi connectivity index (χ4n) is 6.68. The third-order valence-corrected chi connectivity index (χ3v) is 8.96. The molecular formula is C38H44NNaO7. The molecule has 1 N–H and O–H groups in total. The molecule has 1 aliphatic carbocycles. The van der Waals surface area contributed by atoms with Crippen LogP contribution in [0.4, 0.5) is 10.5 Å². The number of carbonyl (C=O) groups is 2. The van der Waals surface area contributed by atoms with Gasteiger partial charge in [0.15, 0.2) is 6.61 Å². The number of hydrogen-bond acceptors (Lipinski definition) is 7. The molecule has 3 aromatic rings. The average Bonchev–Trinajstić information content (AvgIpc) is 3.02. The monoisotopic (exact) mass is 649 g/mol. The molecular weight excluding hydrogens is 605 g/mol. The molecule has 0 aromatic heterocycles. The Kier molecular flexibility index (Phi) is 12.9. The zero-order valence-electron chi connectivity index (χ0n) is 28.0. The van der Waals surface area contributed by atoms with E-state index in [4.69, 9.17) is 24.3 Å². The van der Waals surface area contributed by atoms with Crippen LogP contribution in [0.25, 0.3) is 0 Å². The summed E-state index contributed by atoms with van der Waals surface area (Å²) in [4.78, 5) is 27.9. The largest absolute Gasteiger partial charge is 1.00 e. The maximum absolute atomic E-state index is 13.7. The van der Waals surface area contributed by atoms with Crippen LogP contribution in [-0.2, 0) is 26.1 Å². The van der Waals surface area contributed by atoms with E-state index in [-0.39, 0.29) is 53.2 Å². The molecule has 1 heterocycles. The molecule has 1 unspecified atom stereocenters. The number of hydrogen-bond donors (Lipinski definition) is 1. The number of aryl methyl sites for hydroxylation is 1. The summed E-state index contributed by atoms with van der Waals surface area (Å²) in [6.45, 7) is 5.58. The fourth-order valence-corrected chi connectivity index (χ4v) is 6.68. The van der Waals surface area contributed by atoms with Crippen LogP contribution in [-0.4, -0.2) is 35.8 Å². The number of rotatable bonds is 11. The number of fused-ring (bicyclic) bond motifs is 2. The van der Waals surface area contributed by atoms with E-state index < -0.39 is 24.8 Å². The summed E-state index contributed by atoms with van der Waals surface area (Å²) in [5.74, 6) is 0.367. The molecule has 9 heteroatoms. The fraction of sp³-hybridized carbons (Fsp3) is 0.447. The molecule has 8 nitrogen and oxygen atoms in total. The van der Waals surface area contributed by atoms with Crippen LogP contribution in [0.5, 0.6) is 11.5 Å². The summed E-state index contributed by atoms with van der Waals surface area (Å²) < 4.78 is 16.5. The second kappa shape index (κ2) is 16.7. The summed E-state index contributed by atoms with van der Waals surface area (Å²) in [6.07, 6.45) is 6.47. The van der Waals surface area contributed by atoms with E-state index in [2.05, 4.69) is 26.8 Å². The van der Waals surface area contributed by atoms with E-state index in [1.54, 1.807) is 0 Å². The number of ether oxygens (including phenoxy) is 3. The molecule has 1 saturated carbocycles. The maximum Gasteiger partial charge on any atom is 1.00 e. The van der Waals surface area contributed by atoms with Gasteiger partial charge in [-0.2, -0.15) is 0 Å². The second-order valence-electron chi connectivity index (χ2n) is 13.5. The Morgan fingerprint density at radius 3 is 2.23 bits per heavy atom. The third kappa shape index (κ3) is 10.1. The van der Waals surface area contributed by atoms with Gasteiger partial charge in [0.25, 0.3) is 0 Å². The third-order valence-electron chi connectivity index (χ3n) is 8.96. The van der Waals surface area contributed by atoms with Crippen molar-refractivity contribution in [3.05, 3.63) is 89.0 Å². The van der Waals surface area contributed by atoms with Crippen LogP contribution in [0.15, 0.2) is 71.7 Å². The standard InChI is InChI=1S/C38H45NO7.Na/c1-38(2,3)31-20-18-26(17-19-27(21-25-11-5-4-6-12-25)45-37(43)44-24-36(41)42)22-32(31)39-35(40)23-30-28-13-7-9-15-33(28)46-34-16-10-8-14-29(30)34;/h7-10,13-16,18,20,22,25,27,30H,4-6,11-12,17,19,21,23-24H2,1-3H3,(H,39,40)(H,41,42);/q;+1/p-1. The summed E-state index contributed by atoms with van der Waals surface area (Å²) in [7, 11) is 0. The van der Waals surface area contributed by atoms with Gasteiger partial charge in [-0.1, -0.05) is 101 Å². The number of nitrogens with zero attached hydrogens (tertiary/aromatic N) is 1. The Morgan fingerprint density at radius 1 is 0.979 bits per heavy atom. The van der Waals surface area contributed by atoms with Crippen LogP contribution in [0.3, 0.4) is 0 Å². The normalized spacial score (nSPS) is 15.8. The summed E-state index contributed by atoms with van der Waals surface area (Å²) >= 11 is 0. The van der Waals surface area contributed by atoms with Crippen LogP contribution >= 0.6 is 0 Å². The van der Waals surface area contributed by atoms with Crippen LogP contribution in [0.2, 0.25) is 0 Å². The zero-order chi connectivity index (χ0) is 32.7. The number of carbonyl (C=O) groups excluding carboxylic acids is 1. The molecule has 0 amide bonds. The van der Waals surface area contributed by atoms with E-state index in [9.17, 15) is 14.7 Å². The van der Waals surface area contributed by atoms with Gasteiger partial charge >= 0.3 is 41.7 Å². The molecule has 0 bridgehead atoms. The zero-order valence-corrected chi connectivity index (χ0v) is 30.0. The van der Waals surface area contributed by atoms with Gasteiger partial charge in [-0.25, -0.2) is 9.59 Å². The number of benzene rings is 3. The van der Waals surface area contributed by atoms with Gasteiger partial charge in [0.2, 0.25) is 0 Å². The van der Waals surface area contributed by atoms with Crippen molar-refractivity contribution in [2.24, 2.45) is 10.9 Å². The molecule has 5 rings (SSSR count). The van der Waals surface area contributed by atoms with Crippen molar-refractivity contribution >= 4 is 23.7 Å². The number of carboxylic acid groups (broad SMARTS) is 1. The molecule has 47 heavy (non-hydrogen) atoms. The van der Waals surface area contributed by atoms with Gasteiger partial charge in [0, 0.05) is 17.0 Å². The molecule has 1 atom stereocenters. The topological polar surface area (TPSA) is 117 Å². The first-order chi connectivity index (χ1) is 22.1. The minimum absolute atomic E-state index is 0. The number of carboxylic acids is 1. The van der Waals surface area contributed by atoms with Gasteiger partial charge in [-0.15, -0.1) is 0 Å². The molecule has 2 aliphatic rings. The SMILES string of the molecule is CC(C)(C)c1ccc(CCC(CC2CCCCC2)OC(=O)OCC(=O)O)cc1N=C([O-])CC1c2ccccc2Oc2ccccc21.[Na+]. The van der Waals surface area contributed by atoms with Crippen molar-refractivity contribution in [3.63, 3.8) is 0 Å². The first kappa shape index (κ1) is 36.5. The van der Waals surface area contributed by atoms with Crippen molar-refractivity contribution in [3.8, 4) is 11.5 Å². The quantitative estimate of drug-likeness (QED) is 0.131. The van der Waals surface area contributed by atoms with Crippen molar-refractivity contribution in [2.45, 2.75) is 96.0 Å². The van der Waals surface area contributed by atoms with Crippen LogP contribution in [0, 0.1) is 5.92 Å². The number of para-hydroxylation sites is 2. The van der Waals surface area contributed by atoms with E-state index in [0.29, 0.717) is 30.9 Å². The van der Waals surface area contributed by atoms with Crippen molar-refractivity contribution in [1.82, 2.24) is 0 Å². The van der Waals surface area contributed by atoms with Gasteiger partial charge in [-0.05, 0) is 72.2 Å². The minimum atomic E-state index is -1.23. The van der Waals surface area contributed by atoms with Gasteiger partial charge in [0.1, 0.15) is 17.6 Å². The maximum atomic E-state index is 13.7. The molecule has 244 valence electrons. The predicted octanol–water partition coefficient (Wildman–Crippen LogP) is 5.22. The van der Waals surface area contributed by atoms with Crippen molar-refractivity contribution in [2.75, 3.05) is 6.61 Å². The Hall–Kier alpha value is -3.33. The van der Waals surface area contributed by atoms with Gasteiger partial charge in [0.05, 0.1) is 5.69 Å². The van der Waals surface area contributed by atoms with E-state index in [1.807, 2.05) is 60.7 Å². The van der Waals surface area contributed by atoms with E-state index in [1.165, 1.54) is 19.3 Å². The first-order valence-electron chi connectivity index (χ1n) is 16.4. The van der Waals surface area contributed by atoms with Crippen LogP contribution in [0.1, 0.15) is 100 Å². The van der Waals surface area contributed by atoms with Crippen molar-refractivity contribution < 1.29 is 63.6 Å². The number of aliphatic imine (C=N–C) groups is 1. The van der Waals surface area contributed by atoms with E-state index >= 15 is 0 Å². The van der Waals surface area contributed by atoms with E-state index in [0.717, 1.165) is 46.6 Å². The van der Waals surface area contributed by atoms with Gasteiger partial charge in [-0.3, -0.25) is 4.99 Å². The summed E-state index contributed by atoms with van der Waals surface area (Å²) in [5.41, 5.74) is 4.31. The Bertz CT molecular complexity index is 1510. The average molecular weight is 650 g/mol. The predicted molar refractivity (Wildman–Crippen MR) is 175 cm³/mol. The minimum Gasteiger partial charge on any atom is -0.862 e. The Labute approximate surface area is 299 Å². The molecule has 1 aliphatic heterocycles. The Morgan fingerprint density at radius 2 is 1.62 bits per heavy atom. The molecule has 0 spiro atoms. The van der Waals surface area contributed by atoms with Crippen LogP contribution < -0.4 is 39.4 Å². The molecule has 0 saturated heterocycles. The summed E-state index contributed by atoms with van der Waals surface area (Å²) in [6, 6.07) is 21.7. The number of aliphatic carboxylic acids is 1.